The lowest BCUT2D eigenvalue weighted by atomic mass is 9.95. The Bertz CT molecular complexity index is 730. The Balaban J connectivity index is 1.52. The van der Waals surface area contributed by atoms with Gasteiger partial charge in [-0.3, -0.25) is 4.79 Å². The van der Waals surface area contributed by atoms with Crippen LogP contribution >= 0.6 is 11.3 Å². The molecule has 5 heteroatoms. The molecule has 0 saturated carbocycles. The molecule has 1 atom stereocenters. The van der Waals surface area contributed by atoms with E-state index >= 15 is 0 Å². The lowest BCUT2D eigenvalue weighted by Crippen LogP contribution is -2.41. The number of anilines is 1. The molecular formula is C21H29N3OS. The van der Waals surface area contributed by atoms with E-state index in [-0.39, 0.29) is 17.9 Å². The van der Waals surface area contributed by atoms with Gasteiger partial charge in [0.2, 0.25) is 5.91 Å². The molecule has 1 aromatic heterocycles. The predicted octanol–water partition coefficient (Wildman–Crippen LogP) is 4.67. The molecule has 4 nitrogen and oxygen atoms in total. The fourth-order valence-electron chi connectivity index (χ4n) is 3.40. The number of thiazole rings is 1. The molecule has 1 saturated heterocycles. The number of carbonyl (C=O) groups is 1. The summed E-state index contributed by atoms with van der Waals surface area (Å²) in [6, 6.07) is 8.64. The summed E-state index contributed by atoms with van der Waals surface area (Å²) in [5.74, 6) is 0.811. The molecule has 1 aliphatic heterocycles. The van der Waals surface area contributed by atoms with Crippen molar-refractivity contribution in [2.75, 3.05) is 18.0 Å². The molecule has 2 aromatic rings. The van der Waals surface area contributed by atoms with Crippen molar-refractivity contribution in [1.29, 1.82) is 0 Å². The van der Waals surface area contributed by atoms with Gasteiger partial charge in [0.05, 0.1) is 11.7 Å². The van der Waals surface area contributed by atoms with Crippen LogP contribution in [0, 0.1) is 12.8 Å². The van der Waals surface area contributed by atoms with Gasteiger partial charge in [0, 0.05) is 24.4 Å². The number of carbonyl (C=O) groups excluding carboxylic acids is 1. The lowest BCUT2D eigenvalue weighted by Gasteiger charge is -2.31. The first-order valence-corrected chi connectivity index (χ1v) is 10.4. The van der Waals surface area contributed by atoms with E-state index in [0.29, 0.717) is 5.92 Å². The maximum Gasteiger partial charge on any atom is 0.223 e. The van der Waals surface area contributed by atoms with Crippen molar-refractivity contribution in [3.8, 4) is 0 Å². The predicted molar refractivity (Wildman–Crippen MR) is 109 cm³/mol. The van der Waals surface area contributed by atoms with Gasteiger partial charge in [-0.15, -0.1) is 11.3 Å². The largest absolute Gasteiger partial charge is 0.349 e. The van der Waals surface area contributed by atoms with Gasteiger partial charge in [-0.1, -0.05) is 38.1 Å². The normalized spacial score (nSPS) is 16.7. The van der Waals surface area contributed by atoms with Crippen molar-refractivity contribution in [1.82, 2.24) is 10.3 Å². The molecule has 1 aliphatic rings. The Morgan fingerprint density at radius 1 is 1.15 bits per heavy atom. The SMILES string of the molecule is Cc1csc(N2CCC(C(=O)NC(C)c3ccc(C(C)C)cc3)CC2)n1. The van der Waals surface area contributed by atoms with Crippen LogP contribution < -0.4 is 10.2 Å². The number of aromatic nitrogens is 1. The summed E-state index contributed by atoms with van der Waals surface area (Å²) in [5, 5.41) is 6.37. The van der Waals surface area contributed by atoms with Crippen LogP contribution in [-0.2, 0) is 4.79 Å². The molecule has 1 unspecified atom stereocenters. The second-order valence-corrected chi connectivity index (χ2v) is 8.42. The van der Waals surface area contributed by atoms with E-state index in [1.807, 2.05) is 6.92 Å². The fourth-order valence-corrected chi connectivity index (χ4v) is 4.26. The molecule has 0 radical (unpaired) electrons. The number of rotatable bonds is 5. The van der Waals surface area contributed by atoms with E-state index < -0.39 is 0 Å². The highest BCUT2D eigenvalue weighted by Crippen LogP contribution is 2.27. The third kappa shape index (κ3) is 4.44. The minimum Gasteiger partial charge on any atom is -0.349 e. The van der Waals surface area contributed by atoms with E-state index in [9.17, 15) is 4.79 Å². The van der Waals surface area contributed by atoms with Crippen LogP contribution in [0.1, 0.15) is 62.4 Å². The van der Waals surface area contributed by atoms with E-state index in [0.717, 1.165) is 36.8 Å². The van der Waals surface area contributed by atoms with Crippen LogP contribution in [0.15, 0.2) is 29.6 Å². The molecule has 1 fully saturated rings. The number of benzene rings is 1. The average molecular weight is 372 g/mol. The number of aryl methyl sites for hydroxylation is 1. The van der Waals surface area contributed by atoms with Crippen molar-refractivity contribution in [3.05, 3.63) is 46.5 Å². The molecule has 0 bridgehead atoms. The van der Waals surface area contributed by atoms with Gasteiger partial charge in [0.15, 0.2) is 5.13 Å². The van der Waals surface area contributed by atoms with E-state index in [4.69, 9.17) is 0 Å². The second-order valence-electron chi connectivity index (χ2n) is 7.58. The quantitative estimate of drug-likeness (QED) is 0.831. The molecule has 2 heterocycles. The van der Waals surface area contributed by atoms with Crippen LogP contribution in [-0.4, -0.2) is 24.0 Å². The van der Waals surface area contributed by atoms with E-state index in [1.165, 1.54) is 11.1 Å². The average Bonchev–Trinajstić information content (AvgIpc) is 3.08. The molecule has 1 amide bonds. The number of piperidine rings is 1. The summed E-state index contributed by atoms with van der Waals surface area (Å²) in [6.45, 7) is 10.3. The Morgan fingerprint density at radius 3 is 2.31 bits per heavy atom. The highest BCUT2D eigenvalue weighted by molar-refractivity contribution is 7.13. The Morgan fingerprint density at radius 2 is 1.77 bits per heavy atom. The molecule has 3 rings (SSSR count). The maximum atomic E-state index is 12.7. The second kappa shape index (κ2) is 8.21. The molecule has 0 aliphatic carbocycles. The molecule has 140 valence electrons. The Kier molecular flexibility index (Phi) is 5.97. The number of hydrogen-bond donors (Lipinski definition) is 1. The minimum absolute atomic E-state index is 0.0448. The van der Waals surface area contributed by atoms with Crippen LogP contribution in [0.25, 0.3) is 0 Å². The summed E-state index contributed by atoms with van der Waals surface area (Å²) in [5.41, 5.74) is 3.57. The van der Waals surface area contributed by atoms with Gasteiger partial charge in [0.1, 0.15) is 0 Å². The fraction of sp³-hybridized carbons (Fsp3) is 0.524. The van der Waals surface area contributed by atoms with Crippen molar-refractivity contribution in [3.63, 3.8) is 0 Å². The van der Waals surface area contributed by atoms with Crippen molar-refractivity contribution < 1.29 is 4.79 Å². The Labute approximate surface area is 160 Å². The maximum absolute atomic E-state index is 12.7. The minimum atomic E-state index is 0.0448. The topological polar surface area (TPSA) is 45.2 Å². The summed E-state index contributed by atoms with van der Waals surface area (Å²) in [4.78, 5) is 19.5. The van der Waals surface area contributed by atoms with Gasteiger partial charge < -0.3 is 10.2 Å². The van der Waals surface area contributed by atoms with Crippen LogP contribution in [0.3, 0.4) is 0 Å². The standard InChI is InChI=1S/C21H29N3OS/c1-14(2)17-5-7-18(8-6-17)16(4)23-20(25)19-9-11-24(12-10-19)21-22-15(3)13-26-21/h5-8,13-14,16,19H,9-12H2,1-4H3,(H,23,25). The lowest BCUT2D eigenvalue weighted by molar-refractivity contribution is -0.126. The monoisotopic (exact) mass is 371 g/mol. The number of nitrogens with one attached hydrogen (secondary N) is 1. The first-order chi connectivity index (χ1) is 12.4. The number of hydrogen-bond acceptors (Lipinski definition) is 4. The molecular weight excluding hydrogens is 342 g/mol. The number of nitrogens with zero attached hydrogens (tertiary/aromatic N) is 2. The smallest absolute Gasteiger partial charge is 0.223 e. The van der Waals surface area contributed by atoms with E-state index in [1.54, 1.807) is 11.3 Å². The zero-order valence-electron chi connectivity index (χ0n) is 16.2. The molecule has 26 heavy (non-hydrogen) atoms. The zero-order valence-corrected chi connectivity index (χ0v) is 17.0. The summed E-state index contributed by atoms with van der Waals surface area (Å²) < 4.78 is 0. The summed E-state index contributed by atoms with van der Waals surface area (Å²) in [6.07, 6.45) is 1.78. The van der Waals surface area contributed by atoms with Gasteiger partial charge >= 0.3 is 0 Å². The first-order valence-electron chi connectivity index (χ1n) is 9.51. The van der Waals surface area contributed by atoms with E-state index in [2.05, 4.69) is 65.6 Å². The van der Waals surface area contributed by atoms with Gasteiger partial charge in [-0.25, -0.2) is 4.98 Å². The highest BCUT2D eigenvalue weighted by Gasteiger charge is 2.27. The third-order valence-electron chi connectivity index (χ3n) is 5.21. The summed E-state index contributed by atoms with van der Waals surface area (Å²) in [7, 11) is 0. The van der Waals surface area contributed by atoms with Gasteiger partial charge in [-0.2, -0.15) is 0 Å². The first kappa shape index (κ1) is 18.9. The van der Waals surface area contributed by atoms with Crippen LogP contribution in [0.4, 0.5) is 5.13 Å². The Hall–Kier alpha value is -1.88. The van der Waals surface area contributed by atoms with Gasteiger partial charge in [0.25, 0.3) is 0 Å². The van der Waals surface area contributed by atoms with Crippen LogP contribution in [0.5, 0.6) is 0 Å². The zero-order chi connectivity index (χ0) is 18.7. The van der Waals surface area contributed by atoms with Crippen molar-refractivity contribution >= 4 is 22.4 Å². The van der Waals surface area contributed by atoms with Crippen molar-refractivity contribution in [2.24, 2.45) is 5.92 Å². The highest BCUT2D eigenvalue weighted by atomic mass is 32.1. The molecule has 0 spiro atoms. The number of amides is 1. The van der Waals surface area contributed by atoms with Crippen LogP contribution in [0.2, 0.25) is 0 Å². The third-order valence-corrected chi connectivity index (χ3v) is 6.22. The van der Waals surface area contributed by atoms with Gasteiger partial charge in [-0.05, 0) is 43.7 Å². The summed E-state index contributed by atoms with van der Waals surface area (Å²) >= 11 is 1.69. The van der Waals surface area contributed by atoms with Crippen molar-refractivity contribution in [2.45, 2.75) is 52.5 Å². The molecule has 1 aromatic carbocycles. The molecule has 1 N–H and O–H groups in total.